The van der Waals surface area contributed by atoms with Gasteiger partial charge in [-0.3, -0.25) is 4.79 Å². The second kappa shape index (κ2) is 4.50. The van der Waals surface area contributed by atoms with Crippen molar-refractivity contribution in [2.75, 3.05) is 0 Å². The van der Waals surface area contributed by atoms with Gasteiger partial charge in [0, 0.05) is 23.5 Å². The van der Waals surface area contributed by atoms with Crippen LogP contribution < -0.4 is 5.43 Å². The Balaban J connectivity index is 2.78. The summed E-state index contributed by atoms with van der Waals surface area (Å²) >= 11 is 17.8. The molecule has 2 rings (SSSR count). The van der Waals surface area contributed by atoms with Crippen molar-refractivity contribution in [1.29, 1.82) is 0 Å². The number of hydrogen-bond donors (Lipinski definition) is 1. The monoisotopic (exact) mass is 273 g/mol. The molecule has 2 nitrogen and oxygen atoms in total. The van der Waals surface area contributed by atoms with Gasteiger partial charge in [0.15, 0.2) is 0 Å². The first-order valence-electron chi connectivity index (χ1n) is 4.42. The maximum atomic E-state index is 11.8. The second-order valence-electron chi connectivity index (χ2n) is 3.14. The van der Waals surface area contributed by atoms with Gasteiger partial charge in [-0.15, -0.1) is 0 Å². The summed E-state index contributed by atoms with van der Waals surface area (Å²) in [5, 5.41) is 0.939. The standard InChI is InChI=1S/C11H6Cl3NO/c12-7-2-1-3-8(13)10(7)6-4-15-5-9(14)11(6)16/h1-5H,(H,15,16). The summed E-state index contributed by atoms with van der Waals surface area (Å²) in [5.74, 6) is 0. The van der Waals surface area contributed by atoms with Crippen molar-refractivity contribution in [3.05, 3.63) is 55.9 Å². The van der Waals surface area contributed by atoms with E-state index in [1.54, 1.807) is 18.2 Å². The quantitative estimate of drug-likeness (QED) is 0.837. The Kier molecular flexibility index (Phi) is 3.24. The highest BCUT2D eigenvalue weighted by Gasteiger charge is 2.12. The molecule has 0 unspecified atom stereocenters. The zero-order valence-corrected chi connectivity index (χ0v) is 10.2. The molecule has 0 fully saturated rings. The molecule has 0 saturated heterocycles. The molecule has 5 heteroatoms. The molecule has 1 aromatic carbocycles. The molecule has 0 bridgehead atoms. The van der Waals surface area contributed by atoms with Crippen LogP contribution in [0.15, 0.2) is 35.4 Å². The minimum absolute atomic E-state index is 0.105. The van der Waals surface area contributed by atoms with E-state index >= 15 is 0 Å². The van der Waals surface area contributed by atoms with Gasteiger partial charge < -0.3 is 4.98 Å². The van der Waals surface area contributed by atoms with E-state index in [0.717, 1.165) is 0 Å². The van der Waals surface area contributed by atoms with Gasteiger partial charge in [0.2, 0.25) is 5.43 Å². The topological polar surface area (TPSA) is 32.9 Å². The number of H-pyrrole nitrogens is 1. The minimum atomic E-state index is -0.296. The molecule has 16 heavy (non-hydrogen) atoms. The van der Waals surface area contributed by atoms with Crippen molar-refractivity contribution in [2.24, 2.45) is 0 Å². The lowest BCUT2D eigenvalue weighted by atomic mass is 10.1. The number of benzene rings is 1. The number of aromatic amines is 1. The fourth-order valence-corrected chi connectivity index (χ4v) is 2.16. The van der Waals surface area contributed by atoms with Crippen LogP contribution in [-0.2, 0) is 0 Å². The van der Waals surface area contributed by atoms with Gasteiger partial charge in [-0.1, -0.05) is 40.9 Å². The van der Waals surface area contributed by atoms with E-state index in [1.807, 2.05) is 0 Å². The molecule has 82 valence electrons. The number of rotatable bonds is 1. The van der Waals surface area contributed by atoms with Gasteiger partial charge in [0.25, 0.3) is 0 Å². The first kappa shape index (κ1) is 11.5. The SMILES string of the molecule is O=c1c(Cl)c[nH]cc1-c1c(Cl)cccc1Cl. The van der Waals surface area contributed by atoms with Crippen molar-refractivity contribution < 1.29 is 0 Å². The van der Waals surface area contributed by atoms with Gasteiger partial charge >= 0.3 is 0 Å². The van der Waals surface area contributed by atoms with Crippen LogP contribution >= 0.6 is 34.8 Å². The van der Waals surface area contributed by atoms with Crippen LogP contribution in [0, 0.1) is 0 Å². The fourth-order valence-electron chi connectivity index (χ4n) is 1.40. The molecule has 1 heterocycles. The Morgan fingerprint density at radius 2 is 1.56 bits per heavy atom. The zero-order valence-electron chi connectivity index (χ0n) is 7.93. The highest BCUT2D eigenvalue weighted by molar-refractivity contribution is 6.39. The third-order valence-corrected chi connectivity index (χ3v) is 3.04. The summed E-state index contributed by atoms with van der Waals surface area (Å²) in [4.78, 5) is 14.6. The Morgan fingerprint density at radius 1 is 0.938 bits per heavy atom. The molecule has 0 saturated carbocycles. The van der Waals surface area contributed by atoms with E-state index in [0.29, 0.717) is 21.2 Å². The number of halogens is 3. The maximum Gasteiger partial charge on any atom is 0.208 e. The van der Waals surface area contributed by atoms with Gasteiger partial charge in [-0.2, -0.15) is 0 Å². The first-order chi connectivity index (χ1) is 7.61. The lowest BCUT2D eigenvalue weighted by Gasteiger charge is -2.06. The highest BCUT2D eigenvalue weighted by atomic mass is 35.5. The van der Waals surface area contributed by atoms with Gasteiger partial charge in [0.1, 0.15) is 5.02 Å². The molecule has 1 N–H and O–H groups in total. The van der Waals surface area contributed by atoms with Crippen molar-refractivity contribution >= 4 is 34.8 Å². The second-order valence-corrected chi connectivity index (χ2v) is 4.36. The number of aromatic nitrogens is 1. The van der Waals surface area contributed by atoms with Crippen molar-refractivity contribution in [3.63, 3.8) is 0 Å². The van der Waals surface area contributed by atoms with Crippen molar-refractivity contribution in [2.45, 2.75) is 0 Å². The molecular formula is C11H6Cl3NO. The average Bonchev–Trinajstić information content (AvgIpc) is 2.24. The summed E-state index contributed by atoms with van der Waals surface area (Å²) in [5.41, 5.74) is 0.563. The molecule has 0 aliphatic rings. The molecule has 1 aromatic heterocycles. The van der Waals surface area contributed by atoms with Crippen LogP contribution in [0.2, 0.25) is 15.1 Å². The Morgan fingerprint density at radius 3 is 2.19 bits per heavy atom. The number of pyridine rings is 1. The lowest BCUT2D eigenvalue weighted by Crippen LogP contribution is -2.06. The van der Waals surface area contributed by atoms with Gasteiger partial charge in [0.05, 0.1) is 10.0 Å². The van der Waals surface area contributed by atoms with Crippen LogP contribution in [0.25, 0.3) is 11.1 Å². The molecule has 0 spiro atoms. The maximum absolute atomic E-state index is 11.8. The first-order valence-corrected chi connectivity index (χ1v) is 5.55. The Bertz CT molecular complexity index is 572. The number of nitrogens with one attached hydrogen (secondary N) is 1. The van der Waals surface area contributed by atoms with Gasteiger partial charge in [-0.05, 0) is 12.1 Å². The third kappa shape index (κ3) is 1.96. The van der Waals surface area contributed by atoms with Crippen molar-refractivity contribution in [1.82, 2.24) is 4.98 Å². The molecule has 0 amide bonds. The highest BCUT2D eigenvalue weighted by Crippen LogP contribution is 2.32. The summed E-state index contributed by atoms with van der Waals surface area (Å²) < 4.78 is 0. The number of hydrogen-bond acceptors (Lipinski definition) is 1. The predicted molar refractivity (Wildman–Crippen MR) is 67.5 cm³/mol. The fraction of sp³-hybridized carbons (Fsp3) is 0. The Hall–Kier alpha value is -0.960. The molecule has 0 atom stereocenters. The van der Waals surface area contributed by atoms with Crippen molar-refractivity contribution in [3.8, 4) is 11.1 Å². The summed E-state index contributed by atoms with van der Waals surface area (Å²) in [6.07, 6.45) is 2.94. The normalized spacial score (nSPS) is 10.4. The van der Waals surface area contributed by atoms with E-state index in [9.17, 15) is 4.79 Å². The van der Waals surface area contributed by atoms with Crippen LogP contribution in [0.1, 0.15) is 0 Å². The van der Waals surface area contributed by atoms with Crippen LogP contribution in [-0.4, -0.2) is 4.98 Å². The zero-order chi connectivity index (χ0) is 11.7. The van der Waals surface area contributed by atoms with E-state index in [2.05, 4.69) is 4.98 Å². The third-order valence-electron chi connectivity index (χ3n) is 2.13. The van der Waals surface area contributed by atoms with E-state index < -0.39 is 0 Å². The average molecular weight is 275 g/mol. The lowest BCUT2D eigenvalue weighted by molar-refractivity contribution is 1.30. The molecule has 0 aliphatic heterocycles. The smallest absolute Gasteiger partial charge is 0.208 e. The molecule has 0 aliphatic carbocycles. The molecule has 2 aromatic rings. The largest absolute Gasteiger partial charge is 0.366 e. The van der Waals surface area contributed by atoms with Gasteiger partial charge in [-0.25, -0.2) is 0 Å². The Labute approximate surface area is 107 Å². The van der Waals surface area contributed by atoms with E-state index in [-0.39, 0.29) is 10.5 Å². The van der Waals surface area contributed by atoms with Crippen LogP contribution in [0.5, 0.6) is 0 Å². The van der Waals surface area contributed by atoms with Crippen LogP contribution in [0.3, 0.4) is 0 Å². The molecule has 0 radical (unpaired) electrons. The minimum Gasteiger partial charge on any atom is -0.366 e. The van der Waals surface area contributed by atoms with E-state index in [4.69, 9.17) is 34.8 Å². The predicted octanol–water partition coefficient (Wildman–Crippen LogP) is 4.00. The summed E-state index contributed by atoms with van der Waals surface area (Å²) in [6, 6.07) is 5.05. The van der Waals surface area contributed by atoms with E-state index in [1.165, 1.54) is 12.4 Å². The molecular weight excluding hydrogens is 268 g/mol. The summed E-state index contributed by atoms with van der Waals surface area (Å²) in [6.45, 7) is 0. The summed E-state index contributed by atoms with van der Waals surface area (Å²) in [7, 11) is 0. The van der Waals surface area contributed by atoms with Crippen LogP contribution in [0.4, 0.5) is 0 Å².